The van der Waals surface area contributed by atoms with Crippen LogP contribution in [0.3, 0.4) is 0 Å². The molecule has 0 aliphatic carbocycles. The summed E-state index contributed by atoms with van der Waals surface area (Å²) < 4.78 is 18.3. The van der Waals surface area contributed by atoms with E-state index in [2.05, 4.69) is 15.8 Å². The standard InChI is InChI=1S/C17H20FN3O3/c1-11-10-15(21-24-11)20-17(23)12(2)19-16(22)9-5-7-13-6-3-4-8-14(13)18/h3-4,6,8,10,12H,5,7,9H2,1-2H3,(H,19,22)(H,20,21,23). The fourth-order valence-corrected chi connectivity index (χ4v) is 2.18. The number of hydrogen-bond acceptors (Lipinski definition) is 4. The number of carbonyl (C=O) groups is 2. The zero-order valence-corrected chi connectivity index (χ0v) is 13.6. The minimum Gasteiger partial charge on any atom is -0.360 e. The van der Waals surface area contributed by atoms with E-state index in [0.717, 1.165) is 0 Å². The number of carbonyl (C=O) groups excluding carboxylic acids is 2. The van der Waals surface area contributed by atoms with E-state index in [1.165, 1.54) is 6.07 Å². The van der Waals surface area contributed by atoms with Gasteiger partial charge in [-0.1, -0.05) is 23.4 Å². The lowest BCUT2D eigenvalue weighted by Gasteiger charge is -2.13. The van der Waals surface area contributed by atoms with Gasteiger partial charge in [-0.15, -0.1) is 0 Å². The molecule has 2 N–H and O–H groups in total. The van der Waals surface area contributed by atoms with E-state index in [9.17, 15) is 14.0 Å². The molecule has 2 amide bonds. The van der Waals surface area contributed by atoms with E-state index in [1.54, 1.807) is 38.1 Å². The number of rotatable bonds is 7. The fourth-order valence-electron chi connectivity index (χ4n) is 2.18. The molecule has 2 aromatic rings. The van der Waals surface area contributed by atoms with Gasteiger partial charge in [-0.05, 0) is 38.3 Å². The van der Waals surface area contributed by atoms with Crippen molar-refractivity contribution in [2.24, 2.45) is 0 Å². The molecule has 1 aromatic carbocycles. The van der Waals surface area contributed by atoms with Crippen LogP contribution >= 0.6 is 0 Å². The van der Waals surface area contributed by atoms with E-state index < -0.39 is 6.04 Å². The molecule has 7 heteroatoms. The molecular weight excluding hydrogens is 313 g/mol. The molecule has 0 saturated carbocycles. The zero-order valence-electron chi connectivity index (χ0n) is 13.6. The van der Waals surface area contributed by atoms with Crippen molar-refractivity contribution in [2.75, 3.05) is 5.32 Å². The van der Waals surface area contributed by atoms with Gasteiger partial charge in [-0.2, -0.15) is 0 Å². The highest BCUT2D eigenvalue weighted by Gasteiger charge is 2.17. The Morgan fingerprint density at radius 3 is 2.75 bits per heavy atom. The number of halogens is 1. The molecule has 0 saturated heterocycles. The van der Waals surface area contributed by atoms with Crippen molar-refractivity contribution in [3.8, 4) is 0 Å². The van der Waals surface area contributed by atoms with Gasteiger partial charge < -0.3 is 15.2 Å². The quantitative estimate of drug-likeness (QED) is 0.816. The maximum atomic E-state index is 13.5. The first-order valence-corrected chi connectivity index (χ1v) is 7.72. The predicted molar refractivity (Wildman–Crippen MR) is 86.8 cm³/mol. The van der Waals surface area contributed by atoms with Gasteiger partial charge >= 0.3 is 0 Å². The molecule has 0 aliphatic heterocycles. The Morgan fingerprint density at radius 2 is 2.08 bits per heavy atom. The summed E-state index contributed by atoms with van der Waals surface area (Å²) in [6.07, 6.45) is 1.19. The SMILES string of the molecule is Cc1cc(NC(=O)C(C)NC(=O)CCCc2ccccc2F)no1. The smallest absolute Gasteiger partial charge is 0.247 e. The van der Waals surface area contributed by atoms with Gasteiger partial charge in [-0.25, -0.2) is 4.39 Å². The van der Waals surface area contributed by atoms with Crippen LogP contribution in [-0.4, -0.2) is 23.0 Å². The van der Waals surface area contributed by atoms with Gasteiger partial charge in [0.2, 0.25) is 11.8 Å². The maximum Gasteiger partial charge on any atom is 0.247 e. The average molecular weight is 333 g/mol. The second-order valence-corrected chi connectivity index (χ2v) is 5.55. The summed E-state index contributed by atoms with van der Waals surface area (Å²) in [7, 11) is 0. The Hall–Kier alpha value is -2.70. The van der Waals surface area contributed by atoms with Crippen molar-refractivity contribution >= 4 is 17.6 Å². The third-order valence-corrected chi connectivity index (χ3v) is 3.46. The van der Waals surface area contributed by atoms with Crippen LogP contribution in [0.1, 0.15) is 31.1 Å². The molecule has 0 spiro atoms. The van der Waals surface area contributed by atoms with E-state index in [0.29, 0.717) is 30.0 Å². The van der Waals surface area contributed by atoms with Crippen LogP contribution in [0.5, 0.6) is 0 Å². The van der Waals surface area contributed by atoms with Gasteiger partial charge in [0, 0.05) is 12.5 Å². The number of anilines is 1. The van der Waals surface area contributed by atoms with Gasteiger partial charge in [0.25, 0.3) is 0 Å². The summed E-state index contributed by atoms with van der Waals surface area (Å²) >= 11 is 0. The molecule has 0 radical (unpaired) electrons. The summed E-state index contributed by atoms with van der Waals surface area (Å²) in [6, 6.07) is 7.36. The summed E-state index contributed by atoms with van der Waals surface area (Å²) in [6.45, 7) is 3.29. The van der Waals surface area contributed by atoms with Crippen molar-refractivity contribution in [3.63, 3.8) is 0 Å². The normalized spacial score (nSPS) is 11.8. The Kier molecular flexibility index (Phi) is 6.06. The van der Waals surface area contributed by atoms with Crippen LogP contribution in [-0.2, 0) is 16.0 Å². The number of benzene rings is 1. The number of nitrogens with one attached hydrogen (secondary N) is 2. The van der Waals surface area contributed by atoms with Crippen LogP contribution in [0.4, 0.5) is 10.2 Å². The Labute approximate surface area is 139 Å². The molecule has 0 fully saturated rings. The molecule has 1 heterocycles. The Bertz CT molecular complexity index is 715. The van der Waals surface area contributed by atoms with Crippen molar-refractivity contribution < 1.29 is 18.5 Å². The second-order valence-electron chi connectivity index (χ2n) is 5.55. The van der Waals surface area contributed by atoms with E-state index in [4.69, 9.17) is 4.52 Å². The van der Waals surface area contributed by atoms with Gasteiger partial charge in [0.1, 0.15) is 17.6 Å². The van der Waals surface area contributed by atoms with Crippen LogP contribution in [0.15, 0.2) is 34.9 Å². The minimum absolute atomic E-state index is 0.217. The van der Waals surface area contributed by atoms with Gasteiger partial charge in [0.05, 0.1) is 0 Å². The molecule has 0 bridgehead atoms. The van der Waals surface area contributed by atoms with E-state index in [-0.39, 0.29) is 24.1 Å². The minimum atomic E-state index is -0.706. The van der Waals surface area contributed by atoms with E-state index in [1.807, 2.05) is 0 Å². The molecular formula is C17H20FN3O3. The summed E-state index contributed by atoms with van der Waals surface area (Å²) in [5.41, 5.74) is 0.581. The molecule has 1 aromatic heterocycles. The highest BCUT2D eigenvalue weighted by Crippen LogP contribution is 2.10. The average Bonchev–Trinajstić information content (AvgIpc) is 2.94. The lowest BCUT2D eigenvalue weighted by atomic mass is 10.1. The first kappa shape index (κ1) is 17.7. The maximum absolute atomic E-state index is 13.5. The van der Waals surface area contributed by atoms with Gasteiger partial charge in [-0.3, -0.25) is 9.59 Å². The van der Waals surface area contributed by atoms with Crippen molar-refractivity contribution in [1.82, 2.24) is 10.5 Å². The topological polar surface area (TPSA) is 84.2 Å². The highest BCUT2D eigenvalue weighted by atomic mass is 19.1. The van der Waals surface area contributed by atoms with Crippen LogP contribution < -0.4 is 10.6 Å². The largest absolute Gasteiger partial charge is 0.360 e. The third kappa shape index (κ3) is 5.19. The summed E-state index contributed by atoms with van der Waals surface area (Å²) in [4.78, 5) is 23.8. The number of aryl methyl sites for hydroxylation is 2. The van der Waals surface area contributed by atoms with E-state index >= 15 is 0 Å². The van der Waals surface area contributed by atoms with Crippen molar-refractivity contribution in [3.05, 3.63) is 47.5 Å². The highest BCUT2D eigenvalue weighted by molar-refractivity contribution is 5.96. The molecule has 24 heavy (non-hydrogen) atoms. The predicted octanol–water partition coefficient (Wildman–Crippen LogP) is 2.59. The van der Waals surface area contributed by atoms with Crippen molar-refractivity contribution in [2.45, 2.75) is 39.2 Å². The first-order valence-electron chi connectivity index (χ1n) is 7.72. The monoisotopic (exact) mass is 333 g/mol. The lowest BCUT2D eigenvalue weighted by molar-refractivity contribution is -0.126. The zero-order chi connectivity index (χ0) is 17.5. The molecule has 1 unspecified atom stereocenters. The number of amides is 2. The van der Waals surface area contributed by atoms with Crippen LogP contribution in [0.2, 0.25) is 0 Å². The summed E-state index contributed by atoms with van der Waals surface area (Å²) in [5, 5.41) is 8.81. The number of aromatic nitrogens is 1. The summed E-state index contributed by atoms with van der Waals surface area (Å²) in [5.74, 6) is -0.0297. The Balaban J connectivity index is 1.73. The van der Waals surface area contributed by atoms with Crippen molar-refractivity contribution in [1.29, 1.82) is 0 Å². The molecule has 6 nitrogen and oxygen atoms in total. The fraction of sp³-hybridized carbons (Fsp3) is 0.353. The second kappa shape index (κ2) is 8.24. The third-order valence-electron chi connectivity index (χ3n) is 3.46. The number of hydrogen-bond donors (Lipinski definition) is 2. The van der Waals surface area contributed by atoms with Crippen LogP contribution in [0.25, 0.3) is 0 Å². The molecule has 0 aliphatic rings. The molecule has 1 atom stereocenters. The first-order chi connectivity index (χ1) is 11.5. The molecule has 128 valence electrons. The lowest BCUT2D eigenvalue weighted by Crippen LogP contribution is -2.41. The molecule has 2 rings (SSSR count). The van der Waals surface area contributed by atoms with Crippen LogP contribution in [0, 0.1) is 12.7 Å². The number of nitrogens with zero attached hydrogens (tertiary/aromatic N) is 1. The van der Waals surface area contributed by atoms with Gasteiger partial charge in [0.15, 0.2) is 5.82 Å². The Morgan fingerprint density at radius 1 is 1.33 bits per heavy atom.